The second-order valence-electron chi connectivity index (χ2n) is 9.18. The third-order valence-corrected chi connectivity index (χ3v) is 7.68. The van der Waals surface area contributed by atoms with Crippen molar-refractivity contribution in [2.75, 3.05) is 6.54 Å². The number of carboxylic acids is 1. The molecule has 37 heavy (non-hydrogen) atoms. The molecule has 8 nitrogen and oxygen atoms in total. The molecule has 0 aliphatic carbocycles. The van der Waals surface area contributed by atoms with Crippen molar-refractivity contribution in [2.24, 2.45) is 0 Å². The lowest BCUT2D eigenvalue weighted by Gasteiger charge is -2.16. The van der Waals surface area contributed by atoms with Crippen molar-refractivity contribution in [3.05, 3.63) is 98.9 Å². The molecule has 9 heteroatoms. The molecule has 1 fully saturated rings. The Balaban J connectivity index is 1.43. The van der Waals surface area contributed by atoms with Crippen molar-refractivity contribution in [3.63, 3.8) is 0 Å². The Morgan fingerprint density at radius 3 is 2.70 bits per heavy atom. The van der Waals surface area contributed by atoms with Crippen LogP contribution in [-0.2, 0) is 13.0 Å². The molecule has 0 unspecified atom stereocenters. The Hall–Kier alpha value is -4.24. The molecule has 6 rings (SSSR count). The summed E-state index contributed by atoms with van der Waals surface area (Å²) in [5, 5.41) is 17.0. The SMILES string of the molecule is O=C(NCc1ccco1)c1ccc(-c2c(C(=O)O)c(Cc3ccsc3)nc3c2C(=O)N2CCC[C@@H]32)cc1. The Morgan fingerprint density at radius 2 is 2.00 bits per heavy atom. The predicted molar refractivity (Wildman–Crippen MR) is 137 cm³/mol. The van der Waals surface area contributed by atoms with Crippen LogP contribution in [0.25, 0.3) is 11.1 Å². The van der Waals surface area contributed by atoms with Gasteiger partial charge >= 0.3 is 5.97 Å². The average molecular weight is 514 g/mol. The highest BCUT2D eigenvalue weighted by Crippen LogP contribution is 2.45. The maximum absolute atomic E-state index is 13.5. The summed E-state index contributed by atoms with van der Waals surface area (Å²) in [6.45, 7) is 0.891. The highest BCUT2D eigenvalue weighted by atomic mass is 32.1. The van der Waals surface area contributed by atoms with E-state index in [4.69, 9.17) is 9.40 Å². The van der Waals surface area contributed by atoms with Gasteiger partial charge in [-0.1, -0.05) is 12.1 Å². The number of thiophene rings is 1. The lowest BCUT2D eigenvalue weighted by Crippen LogP contribution is -2.23. The summed E-state index contributed by atoms with van der Waals surface area (Å²) >= 11 is 1.54. The molecular formula is C28H23N3O5S. The second kappa shape index (κ2) is 9.33. The van der Waals surface area contributed by atoms with Gasteiger partial charge < -0.3 is 19.7 Å². The van der Waals surface area contributed by atoms with E-state index in [0.29, 0.717) is 52.4 Å². The smallest absolute Gasteiger partial charge is 0.338 e. The molecule has 2 N–H and O–H groups in total. The Labute approximate surface area is 216 Å². The molecule has 0 radical (unpaired) electrons. The second-order valence-corrected chi connectivity index (χ2v) is 9.96. The summed E-state index contributed by atoms with van der Waals surface area (Å²) in [7, 11) is 0. The number of nitrogens with zero attached hydrogens (tertiary/aromatic N) is 2. The fourth-order valence-corrected chi connectivity index (χ4v) is 5.92. The zero-order chi connectivity index (χ0) is 25.5. The summed E-state index contributed by atoms with van der Waals surface area (Å²) < 4.78 is 5.25. The predicted octanol–water partition coefficient (Wildman–Crippen LogP) is 4.91. The van der Waals surface area contributed by atoms with Crippen LogP contribution in [0.3, 0.4) is 0 Å². The fourth-order valence-electron chi connectivity index (χ4n) is 5.25. The number of aromatic nitrogens is 1. The Kier molecular flexibility index (Phi) is 5.84. The van der Waals surface area contributed by atoms with Crippen LogP contribution in [0.4, 0.5) is 0 Å². The normalized spacial score (nSPS) is 16.1. The molecule has 1 aromatic carbocycles. The van der Waals surface area contributed by atoms with E-state index in [1.54, 1.807) is 58.9 Å². The minimum atomic E-state index is -1.13. The van der Waals surface area contributed by atoms with Gasteiger partial charge in [-0.2, -0.15) is 11.3 Å². The molecule has 1 saturated heterocycles. The van der Waals surface area contributed by atoms with E-state index >= 15 is 0 Å². The number of furan rings is 1. The van der Waals surface area contributed by atoms with Gasteiger partial charge in [0.1, 0.15) is 5.76 Å². The zero-order valence-electron chi connectivity index (χ0n) is 19.8. The number of carbonyl (C=O) groups excluding carboxylic acids is 2. The van der Waals surface area contributed by atoms with Gasteiger partial charge in [0.15, 0.2) is 0 Å². The summed E-state index contributed by atoms with van der Waals surface area (Å²) in [5.41, 5.74) is 3.85. The van der Waals surface area contributed by atoms with Crippen LogP contribution in [0.5, 0.6) is 0 Å². The highest BCUT2D eigenvalue weighted by Gasteiger charge is 2.44. The first-order chi connectivity index (χ1) is 18.0. The van der Waals surface area contributed by atoms with Gasteiger partial charge in [-0.05, 0) is 65.1 Å². The van der Waals surface area contributed by atoms with Crippen LogP contribution in [-0.4, -0.2) is 39.3 Å². The van der Waals surface area contributed by atoms with Crippen LogP contribution in [0, 0.1) is 0 Å². The molecule has 0 bridgehead atoms. The number of benzene rings is 1. The van der Waals surface area contributed by atoms with Crippen molar-refractivity contribution >= 4 is 29.1 Å². The van der Waals surface area contributed by atoms with Gasteiger partial charge in [0, 0.05) is 24.1 Å². The van der Waals surface area contributed by atoms with Crippen molar-refractivity contribution in [3.8, 4) is 11.1 Å². The maximum Gasteiger partial charge on any atom is 0.338 e. The van der Waals surface area contributed by atoms with Crippen LogP contribution < -0.4 is 5.32 Å². The van der Waals surface area contributed by atoms with Crippen LogP contribution in [0.2, 0.25) is 0 Å². The van der Waals surface area contributed by atoms with Crippen molar-refractivity contribution in [1.82, 2.24) is 15.2 Å². The molecule has 1 atom stereocenters. The van der Waals surface area contributed by atoms with Crippen LogP contribution >= 0.6 is 11.3 Å². The highest BCUT2D eigenvalue weighted by molar-refractivity contribution is 7.07. The first-order valence-electron chi connectivity index (χ1n) is 12.0. The Bertz CT molecular complexity index is 1490. The summed E-state index contributed by atoms with van der Waals surface area (Å²) in [4.78, 5) is 45.4. The quantitative estimate of drug-likeness (QED) is 0.363. The monoisotopic (exact) mass is 513 g/mol. The van der Waals surface area contributed by atoms with Crippen LogP contribution in [0.15, 0.2) is 63.9 Å². The topological polar surface area (TPSA) is 113 Å². The number of nitrogens with one attached hydrogen (secondary N) is 1. The van der Waals surface area contributed by atoms with Gasteiger partial charge in [0.05, 0.1) is 41.4 Å². The van der Waals surface area contributed by atoms with E-state index < -0.39 is 5.97 Å². The number of amides is 2. The number of aromatic carboxylic acids is 1. The largest absolute Gasteiger partial charge is 0.478 e. The number of carboxylic acid groups (broad SMARTS) is 1. The molecule has 2 amide bonds. The number of hydrogen-bond acceptors (Lipinski definition) is 6. The molecule has 2 aliphatic rings. The molecular weight excluding hydrogens is 490 g/mol. The number of hydrogen-bond donors (Lipinski definition) is 2. The van der Waals surface area contributed by atoms with Gasteiger partial charge in [0.2, 0.25) is 0 Å². The van der Waals surface area contributed by atoms with E-state index in [0.717, 1.165) is 18.4 Å². The summed E-state index contributed by atoms with van der Waals surface area (Å²) in [6.07, 6.45) is 3.61. The van der Waals surface area contributed by atoms with Crippen molar-refractivity contribution in [1.29, 1.82) is 0 Å². The van der Waals surface area contributed by atoms with E-state index in [-0.39, 0.29) is 30.0 Å². The molecule has 0 spiro atoms. The van der Waals surface area contributed by atoms with Gasteiger partial charge in [-0.25, -0.2) is 4.79 Å². The fraction of sp³-hybridized carbons (Fsp3) is 0.214. The lowest BCUT2D eigenvalue weighted by molar-refractivity contribution is 0.0695. The standard InChI is InChI=1S/C28H23N3O5S/c32-26(29-14-19-3-2-11-36-19)18-7-5-17(6-8-18)22-23(28(34)35)20(13-16-9-12-37-15-16)30-25-21-4-1-10-31(21)27(33)24(22)25/h2-3,5-9,11-12,15,21H,1,4,10,13-14H2,(H,29,32)(H,34,35)/t21-/m0/s1. The van der Waals surface area contributed by atoms with Gasteiger partial charge in [-0.3, -0.25) is 14.6 Å². The van der Waals surface area contributed by atoms with Crippen molar-refractivity contribution in [2.45, 2.75) is 31.8 Å². The summed E-state index contributed by atoms with van der Waals surface area (Å²) in [6, 6.07) is 12.0. The zero-order valence-corrected chi connectivity index (χ0v) is 20.6. The molecule has 3 aromatic heterocycles. The van der Waals surface area contributed by atoms with Gasteiger partial charge in [-0.15, -0.1) is 0 Å². The van der Waals surface area contributed by atoms with E-state index in [1.807, 2.05) is 16.8 Å². The van der Waals surface area contributed by atoms with E-state index in [9.17, 15) is 19.5 Å². The third kappa shape index (κ3) is 4.11. The molecule has 5 heterocycles. The molecule has 2 aliphatic heterocycles. The number of rotatable bonds is 7. The molecule has 186 valence electrons. The average Bonchev–Trinajstić information content (AvgIpc) is 3.70. The first kappa shape index (κ1) is 23.2. The Morgan fingerprint density at radius 1 is 1.16 bits per heavy atom. The number of carbonyl (C=O) groups is 3. The number of fused-ring (bicyclic) bond motifs is 3. The lowest BCUT2D eigenvalue weighted by atomic mass is 9.89. The van der Waals surface area contributed by atoms with E-state index in [2.05, 4.69) is 5.32 Å². The summed E-state index contributed by atoms with van der Waals surface area (Å²) in [5.74, 6) is -0.947. The minimum absolute atomic E-state index is 0.0366. The minimum Gasteiger partial charge on any atom is -0.478 e. The number of pyridine rings is 1. The first-order valence-corrected chi connectivity index (χ1v) is 13.0. The van der Waals surface area contributed by atoms with E-state index in [1.165, 1.54) is 0 Å². The van der Waals surface area contributed by atoms with Crippen molar-refractivity contribution < 1.29 is 23.9 Å². The van der Waals surface area contributed by atoms with Gasteiger partial charge in [0.25, 0.3) is 11.8 Å². The molecule has 4 aromatic rings. The maximum atomic E-state index is 13.5. The van der Waals surface area contributed by atoms with Crippen LogP contribution in [0.1, 0.15) is 72.7 Å². The molecule has 0 saturated carbocycles. The third-order valence-electron chi connectivity index (χ3n) is 6.95.